The molecule has 3 rings (SSSR count). The monoisotopic (exact) mass is 467 g/mol. The first-order valence-corrected chi connectivity index (χ1v) is 13.1. The number of nitrogens with one attached hydrogen (secondary N) is 1. The van der Waals surface area contributed by atoms with Crippen LogP contribution in [-0.4, -0.2) is 59.2 Å². The quantitative estimate of drug-likeness (QED) is 0.609. The molecule has 2 aromatic carbocycles. The molecule has 1 saturated heterocycles. The van der Waals surface area contributed by atoms with Crippen molar-refractivity contribution in [2.75, 3.05) is 39.1 Å². The third-order valence-electron chi connectivity index (χ3n) is 5.10. The summed E-state index contributed by atoms with van der Waals surface area (Å²) in [6.07, 6.45) is 1.71. The third-order valence-corrected chi connectivity index (χ3v) is 8.83. The second-order valence-corrected chi connectivity index (χ2v) is 11.6. The van der Waals surface area contributed by atoms with Gasteiger partial charge in [0.25, 0.3) is 0 Å². The summed E-state index contributed by atoms with van der Waals surface area (Å²) in [6, 6.07) is 11.7. The van der Waals surface area contributed by atoms with E-state index in [1.807, 2.05) is 13.0 Å². The Hall–Kier alpha value is -2.14. The van der Waals surface area contributed by atoms with Gasteiger partial charge in [-0.25, -0.2) is 21.1 Å². The van der Waals surface area contributed by atoms with Crippen LogP contribution in [-0.2, 0) is 26.6 Å². The molecule has 1 aliphatic heterocycles. The Morgan fingerprint density at radius 2 is 1.74 bits per heavy atom. The molecular formula is C21H29N3O5S2. The first-order valence-electron chi connectivity index (χ1n) is 10.2. The minimum atomic E-state index is -3.65. The second kappa shape index (κ2) is 9.56. The summed E-state index contributed by atoms with van der Waals surface area (Å²) < 4.78 is 59.2. The van der Waals surface area contributed by atoms with E-state index in [1.165, 1.54) is 22.7 Å². The lowest BCUT2D eigenvalue weighted by Gasteiger charge is -2.19. The normalized spacial score (nSPS) is 15.4. The van der Waals surface area contributed by atoms with Crippen molar-refractivity contribution in [3.05, 3.63) is 48.0 Å². The predicted molar refractivity (Wildman–Crippen MR) is 120 cm³/mol. The molecule has 0 aromatic heterocycles. The van der Waals surface area contributed by atoms with E-state index in [0.29, 0.717) is 37.7 Å². The van der Waals surface area contributed by atoms with Gasteiger partial charge in [-0.2, -0.15) is 4.31 Å². The highest BCUT2D eigenvalue weighted by atomic mass is 32.2. The van der Waals surface area contributed by atoms with E-state index in [0.717, 1.165) is 18.4 Å². The molecule has 0 spiro atoms. The Kier molecular flexibility index (Phi) is 7.25. The molecule has 1 N–H and O–H groups in total. The van der Waals surface area contributed by atoms with Crippen molar-refractivity contribution in [3.63, 3.8) is 0 Å². The van der Waals surface area contributed by atoms with Crippen LogP contribution in [0.3, 0.4) is 0 Å². The van der Waals surface area contributed by atoms with Gasteiger partial charge in [0, 0.05) is 39.4 Å². The van der Waals surface area contributed by atoms with E-state index in [9.17, 15) is 16.8 Å². The zero-order valence-corrected chi connectivity index (χ0v) is 19.7. The number of rotatable bonds is 9. The van der Waals surface area contributed by atoms with Gasteiger partial charge < -0.3 is 10.1 Å². The maximum atomic E-state index is 13.1. The molecule has 10 heteroatoms. The van der Waals surface area contributed by atoms with Crippen LogP contribution in [0.15, 0.2) is 52.3 Å². The summed E-state index contributed by atoms with van der Waals surface area (Å²) in [5, 5.41) is 3.19. The summed E-state index contributed by atoms with van der Waals surface area (Å²) in [5.41, 5.74) is 1.38. The van der Waals surface area contributed by atoms with Gasteiger partial charge in [-0.1, -0.05) is 12.1 Å². The second-order valence-electron chi connectivity index (χ2n) is 7.49. The molecule has 2 aromatic rings. The lowest BCUT2D eigenvalue weighted by Crippen LogP contribution is -2.28. The van der Waals surface area contributed by atoms with Gasteiger partial charge in [0.1, 0.15) is 10.6 Å². The number of sulfonamides is 2. The van der Waals surface area contributed by atoms with Crippen LogP contribution in [0, 0.1) is 0 Å². The van der Waals surface area contributed by atoms with E-state index in [4.69, 9.17) is 4.74 Å². The Morgan fingerprint density at radius 1 is 1.03 bits per heavy atom. The molecule has 1 aliphatic rings. The molecule has 170 valence electrons. The van der Waals surface area contributed by atoms with E-state index in [2.05, 4.69) is 5.32 Å². The van der Waals surface area contributed by atoms with Crippen molar-refractivity contribution < 1.29 is 21.6 Å². The largest absolute Gasteiger partial charge is 0.492 e. The third kappa shape index (κ3) is 5.20. The van der Waals surface area contributed by atoms with Gasteiger partial charge in [-0.3, -0.25) is 0 Å². The number of hydrogen-bond acceptors (Lipinski definition) is 6. The van der Waals surface area contributed by atoms with Crippen LogP contribution in [0.4, 0.5) is 5.69 Å². The first-order chi connectivity index (χ1) is 14.7. The molecule has 0 unspecified atom stereocenters. The Morgan fingerprint density at radius 3 is 2.39 bits per heavy atom. The number of nitrogens with zero attached hydrogens (tertiary/aromatic N) is 2. The first kappa shape index (κ1) is 23.5. The predicted octanol–water partition coefficient (Wildman–Crippen LogP) is 2.73. The van der Waals surface area contributed by atoms with Gasteiger partial charge in [-0.15, -0.1) is 0 Å². The molecule has 8 nitrogen and oxygen atoms in total. The summed E-state index contributed by atoms with van der Waals surface area (Å²) in [7, 11) is -4.20. The van der Waals surface area contributed by atoms with Gasteiger partial charge in [0.15, 0.2) is 0 Å². The fraction of sp³-hybridized carbons (Fsp3) is 0.429. The summed E-state index contributed by atoms with van der Waals surface area (Å²) in [6.45, 7) is 3.54. The van der Waals surface area contributed by atoms with Gasteiger partial charge in [0.2, 0.25) is 20.0 Å². The fourth-order valence-corrected chi connectivity index (χ4v) is 6.04. The molecule has 1 fully saturated rings. The zero-order valence-electron chi connectivity index (χ0n) is 18.0. The fourth-order valence-electron chi connectivity index (χ4n) is 3.39. The lowest BCUT2D eigenvalue weighted by molar-refractivity contribution is 0.329. The number of hydrogen-bond donors (Lipinski definition) is 1. The van der Waals surface area contributed by atoms with Crippen LogP contribution < -0.4 is 10.1 Å². The smallest absolute Gasteiger partial charge is 0.246 e. The average Bonchev–Trinajstić information content (AvgIpc) is 3.29. The number of anilines is 1. The van der Waals surface area contributed by atoms with Crippen molar-refractivity contribution >= 4 is 25.7 Å². The van der Waals surface area contributed by atoms with Crippen molar-refractivity contribution in [1.82, 2.24) is 8.61 Å². The maximum Gasteiger partial charge on any atom is 0.246 e. The molecule has 0 saturated carbocycles. The molecular weight excluding hydrogens is 438 g/mol. The molecule has 0 bridgehead atoms. The van der Waals surface area contributed by atoms with Crippen LogP contribution in [0.2, 0.25) is 0 Å². The summed E-state index contributed by atoms with van der Waals surface area (Å²) in [4.78, 5) is 0.353. The van der Waals surface area contributed by atoms with Crippen molar-refractivity contribution in [1.29, 1.82) is 0 Å². The molecule has 0 amide bonds. The highest BCUT2D eigenvalue weighted by molar-refractivity contribution is 7.89. The highest BCUT2D eigenvalue weighted by Gasteiger charge is 2.30. The number of ether oxygens (including phenoxy) is 1. The van der Waals surface area contributed by atoms with E-state index in [1.54, 1.807) is 36.4 Å². The Balaban J connectivity index is 1.85. The zero-order chi connectivity index (χ0) is 22.6. The van der Waals surface area contributed by atoms with E-state index >= 15 is 0 Å². The van der Waals surface area contributed by atoms with Crippen molar-refractivity contribution in [3.8, 4) is 5.75 Å². The molecule has 0 radical (unpaired) electrons. The van der Waals surface area contributed by atoms with Crippen molar-refractivity contribution in [2.45, 2.75) is 36.1 Å². The van der Waals surface area contributed by atoms with E-state index in [-0.39, 0.29) is 9.79 Å². The van der Waals surface area contributed by atoms with E-state index < -0.39 is 20.0 Å². The minimum absolute atomic E-state index is 0.144. The molecule has 0 aliphatic carbocycles. The van der Waals surface area contributed by atoms with Gasteiger partial charge >= 0.3 is 0 Å². The summed E-state index contributed by atoms with van der Waals surface area (Å²) in [5.74, 6) is 0.332. The highest BCUT2D eigenvalue weighted by Crippen LogP contribution is 2.32. The molecule has 1 heterocycles. The SMILES string of the molecule is CCOc1ccc(NCc2cccc(S(=O)(=O)N(C)C)c2)cc1S(=O)(=O)N1CCCC1. The van der Waals surface area contributed by atoms with Gasteiger partial charge in [-0.05, 0) is 55.7 Å². The van der Waals surface area contributed by atoms with Crippen LogP contribution in [0.25, 0.3) is 0 Å². The van der Waals surface area contributed by atoms with Gasteiger partial charge in [0.05, 0.1) is 11.5 Å². The van der Waals surface area contributed by atoms with Crippen molar-refractivity contribution in [2.24, 2.45) is 0 Å². The minimum Gasteiger partial charge on any atom is -0.492 e. The maximum absolute atomic E-state index is 13.1. The summed E-state index contributed by atoms with van der Waals surface area (Å²) >= 11 is 0. The van der Waals surface area contributed by atoms with Crippen LogP contribution in [0.5, 0.6) is 5.75 Å². The topological polar surface area (TPSA) is 96.0 Å². The Labute approximate surface area is 184 Å². The van der Waals surface area contributed by atoms with Crippen LogP contribution in [0.1, 0.15) is 25.3 Å². The average molecular weight is 468 g/mol. The molecule has 31 heavy (non-hydrogen) atoms. The molecule has 0 atom stereocenters. The standard InChI is InChI=1S/C21H29N3O5S2/c1-4-29-20-11-10-18(15-21(20)31(27,28)24-12-5-6-13-24)22-16-17-8-7-9-19(14-17)30(25,26)23(2)3/h7-11,14-15,22H,4-6,12-13,16H2,1-3H3. The lowest BCUT2D eigenvalue weighted by atomic mass is 10.2. The number of benzene rings is 2. The van der Waals surface area contributed by atoms with Crippen LogP contribution >= 0.6 is 0 Å². The Bertz CT molecular complexity index is 1130.